The molecule has 2 N–H and O–H groups in total. The maximum Gasteiger partial charge on any atom is 0.0490 e. The van der Waals surface area contributed by atoms with E-state index in [0.29, 0.717) is 6.04 Å². The van der Waals surface area contributed by atoms with Gasteiger partial charge in [-0.05, 0) is 18.1 Å². The molecule has 0 aliphatic rings. The minimum atomic E-state index is 0.407. The van der Waals surface area contributed by atoms with Gasteiger partial charge in [-0.3, -0.25) is 5.10 Å². The van der Waals surface area contributed by atoms with E-state index in [1.807, 2.05) is 12.1 Å². The zero-order valence-electron chi connectivity index (χ0n) is 9.48. The number of nitrogens with one attached hydrogen (secondary N) is 2. The first-order valence-electron chi connectivity index (χ1n) is 5.66. The van der Waals surface area contributed by atoms with Gasteiger partial charge in [0.05, 0.1) is 0 Å². The largest absolute Gasteiger partial charge is 0.304 e. The first kappa shape index (κ1) is 10.9. The Morgan fingerprint density at radius 2 is 2.06 bits per heavy atom. The number of hydrogen-bond donors (Lipinski definition) is 2. The minimum Gasteiger partial charge on any atom is -0.304 e. The van der Waals surface area contributed by atoms with Crippen LogP contribution in [0.25, 0.3) is 0 Å². The van der Waals surface area contributed by atoms with E-state index in [4.69, 9.17) is 0 Å². The molecule has 84 valence electrons. The third-order valence-electron chi connectivity index (χ3n) is 2.71. The summed E-state index contributed by atoms with van der Waals surface area (Å²) in [5.41, 5.74) is 2.46. The van der Waals surface area contributed by atoms with Crippen molar-refractivity contribution in [1.82, 2.24) is 15.5 Å². The fourth-order valence-corrected chi connectivity index (χ4v) is 1.80. The van der Waals surface area contributed by atoms with Gasteiger partial charge in [-0.2, -0.15) is 5.10 Å². The van der Waals surface area contributed by atoms with Crippen molar-refractivity contribution in [3.63, 3.8) is 0 Å². The van der Waals surface area contributed by atoms with Crippen LogP contribution >= 0.6 is 0 Å². The molecule has 0 bridgehead atoms. The molecule has 0 fully saturated rings. The van der Waals surface area contributed by atoms with Gasteiger partial charge >= 0.3 is 0 Å². The van der Waals surface area contributed by atoms with Gasteiger partial charge in [0.25, 0.3) is 0 Å². The highest BCUT2D eigenvalue weighted by atomic mass is 15.1. The molecule has 0 saturated heterocycles. The van der Waals surface area contributed by atoms with Crippen LogP contribution in [-0.4, -0.2) is 10.2 Å². The van der Waals surface area contributed by atoms with Crippen molar-refractivity contribution in [2.45, 2.75) is 25.9 Å². The second kappa shape index (κ2) is 5.47. The Bertz CT molecular complexity index is 394. The molecule has 0 radical (unpaired) electrons. The zero-order chi connectivity index (χ0) is 11.2. The summed E-state index contributed by atoms with van der Waals surface area (Å²) >= 11 is 0. The molecule has 0 spiro atoms. The van der Waals surface area contributed by atoms with Crippen LogP contribution in [0.15, 0.2) is 42.6 Å². The summed E-state index contributed by atoms with van der Waals surface area (Å²) in [4.78, 5) is 0. The molecule has 1 aromatic heterocycles. The second-order valence-electron chi connectivity index (χ2n) is 3.83. The molecule has 3 heteroatoms. The summed E-state index contributed by atoms with van der Waals surface area (Å²) in [6.07, 6.45) is 2.86. The summed E-state index contributed by atoms with van der Waals surface area (Å²) in [5, 5.41) is 10.4. The van der Waals surface area contributed by atoms with E-state index >= 15 is 0 Å². The maximum absolute atomic E-state index is 3.93. The summed E-state index contributed by atoms with van der Waals surface area (Å²) in [6, 6.07) is 12.9. The lowest BCUT2D eigenvalue weighted by Crippen LogP contribution is -2.20. The Labute approximate surface area is 95.9 Å². The zero-order valence-corrected chi connectivity index (χ0v) is 9.48. The smallest absolute Gasteiger partial charge is 0.0490 e. The average molecular weight is 215 g/mol. The van der Waals surface area contributed by atoms with E-state index in [2.05, 4.69) is 46.7 Å². The molecule has 0 aliphatic heterocycles. The number of rotatable bonds is 5. The Morgan fingerprint density at radius 1 is 1.25 bits per heavy atom. The predicted molar refractivity (Wildman–Crippen MR) is 64.9 cm³/mol. The minimum absolute atomic E-state index is 0.407. The fraction of sp³-hybridized carbons (Fsp3) is 0.308. The van der Waals surface area contributed by atoms with Crippen molar-refractivity contribution in [2.24, 2.45) is 0 Å². The van der Waals surface area contributed by atoms with Gasteiger partial charge in [-0.25, -0.2) is 0 Å². The molecule has 2 aromatic rings. The third-order valence-corrected chi connectivity index (χ3v) is 2.71. The quantitative estimate of drug-likeness (QED) is 0.805. The van der Waals surface area contributed by atoms with Crippen LogP contribution in [0.3, 0.4) is 0 Å². The standard InChI is InChI=1S/C13H17N3/c1-2-13(11-6-4-3-5-7-11)14-10-12-8-9-15-16-12/h3-9,13-14H,2,10H2,1H3,(H,15,16). The monoisotopic (exact) mass is 215 g/mol. The lowest BCUT2D eigenvalue weighted by Gasteiger charge is -2.16. The molecule has 0 aliphatic carbocycles. The van der Waals surface area contributed by atoms with Crippen molar-refractivity contribution < 1.29 is 0 Å². The highest BCUT2D eigenvalue weighted by molar-refractivity contribution is 5.18. The van der Waals surface area contributed by atoms with Gasteiger partial charge in [-0.1, -0.05) is 37.3 Å². The molecular formula is C13H17N3. The van der Waals surface area contributed by atoms with Crippen LogP contribution in [0.4, 0.5) is 0 Å². The third kappa shape index (κ3) is 2.70. The molecule has 16 heavy (non-hydrogen) atoms. The highest BCUT2D eigenvalue weighted by Crippen LogP contribution is 2.16. The Kier molecular flexibility index (Phi) is 3.72. The van der Waals surface area contributed by atoms with Gasteiger partial charge in [-0.15, -0.1) is 0 Å². The van der Waals surface area contributed by atoms with Gasteiger partial charge in [0, 0.05) is 24.5 Å². The molecule has 0 saturated carbocycles. The second-order valence-corrected chi connectivity index (χ2v) is 3.83. The number of aromatic amines is 1. The van der Waals surface area contributed by atoms with Crippen LogP contribution in [0.5, 0.6) is 0 Å². The van der Waals surface area contributed by atoms with Gasteiger partial charge in [0.2, 0.25) is 0 Å². The molecule has 0 amide bonds. The summed E-state index contributed by atoms with van der Waals surface area (Å²) < 4.78 is 0. The molecule has 2 rings (SSSR count). The molecule has 1 heterocycles. The number of benzene rings is 1. The van der Waals surface area contributed by atoms with Gasteiger partial charge in [0.1, 0.15) is 0 Å². The summed E-state index contributed by atoms with van der Waals surface area (Å²) in [5.74, 6) is 0. The number of aromatic nitrogens is 2. The Morgan fingerprint density at radius 3 is 2.69 bits per heavy atom. The van der Waals surface area contributed by atoms with Crippen molar-refractivity contribution >= 4 is 0 Å². The normalized spacial score (nSPS) is 12.6. The average Bonchev–Trinajstić information content (AvgIpc) is 2.84. The fourth-order valence-electron chi connectivity index (χ4n) is 1.80. The number of nitrogens with zero attached hydrogens (tertiary/aromatic N) is 1. The lowest BCUT2D eigenvalue weighted by atomic mass is 10.0. The topological polar surface area (TPSA) is 40.7 Å². The highest BCUT2D eigenvalue weighted by Gasteiger charge is 2.07. The van der Waals surface area contributed by atoms with E-state index in [1.54, 1.807) is 6.20 Å². The SMILES string of the molecule is CCC(NCc1ccn[nH]1)c1ccccc1. The number of hydrogen-bond acceptors (Lipinski definition) is 2. The molecule has 3 nitrogen and oxygen atoms in total. The van der Waals surface area contributed by atoms with Gasteiger partial charge < -0.3 is 5.32 Å². The number of H-pyrrole nitrogens is 1. The molecule has 1 aromatic carbocycles. The van der Waals surface area contributed by atoms with E-state index in [-0.39, 0.29) is 0 Å². The van der Waals surface area contributed by atoms with E-state index in [1.165, 1.54) is 5.56 Å². The lowest BCUT2D eigenvalue weighted by molar-refractivity contribution is 0.514. The van der Waals surface area contributed by atoms with Crippen molar-refractivity contribution in [3.8, 4) is 0 Å². The molecular weight excluding hydrogens is 198 g/mol. The van der Waals surface area contributed by atoms with Crippen molar-refractivity contribution in [1.29, 1.82) is 0 Å². The van der Waals surface area contributed by atoms with Crippen LogP contribution in [0.2, 0.25) is 0 Å². The molecule has 1 atom stereocenters. The first-order chi connectivity index (χ1) is 7.90. The van der Waals surface area contributed by atoms with Crippen LogP contribution in [0.1, 0.15) is 30.6 Å². The van der Waals surface area contributed by atoms with Crippen molar-refractivity contribution in [2.75, 3.05) is 0 Å². The first-order valence-corrected chi connectivity index (χ1v) is 5.66. The summed E-state index contributed by atoms with van der Waals surface area (Å²) in [7, 11) is 0. The van der Waals surface area contributed by atoms with Crippen molar-refractivity contribution in [3.05, 3.63) is 53.9 Å². The maximum atomic E-state index is 3.93. The van der Waals surface area contributed by atoms with E-state index in [0.717, 1.165) is 18.7 Å². The van der Waals surface area contributed by atoms with Crippen LogP contribution < -0.4 is 5.32 Å². The van der Waals surface area contributed by atoms with E-state index in [9.17, 15) is 0 Å². The summed E-state index contributed by atoms with van der Waals surface area (Å²) in [6.45, 7) is 3.02. The van der Waals surface area contributed by atoms with Crippen LogP contribution in [-0.2, 0) is 6.54 Å². The Hall–Kier alpha value is -1.61. The Balaban J connectivity index is 1.96. The van der Waals surface area contributed by atoms with Gasteiger partial charge in [0.15, 0.2) is 0 Å². The predicted octanol–water partition coefficient (Wildman–Crippen LogP) is 2.65. The van der Waals surface area contributed by atoms with Crippen LogP contribution in [0, 0.1) is 0 Å². The van der Waals surface area contributed by atoms with E-state index < -0.39 is 0 Å². The molecule has 1 unspecified atom stereocenters.